The normalized spacial score (nSPS) is 20.6. The fourth-order valence-electron chi connectivity index (χ4n) is 0.867. The van der Waals surface area contributed by atoms with Crippen LogP contribution >= 0.6 is 22.6 Å². The van der Waals surface area contributed by atoms with Gasteiger partial charge in [0.1, 0.15) is 0 Å². The summed E-state index contributed by atoms with van der Waals surface area (Å²) in [5.41, 5.74) is 0. The summed E-state index contributed by atoms with van der Waals surface area (Å²) in [4.78, 5) is 10.9. The molecule has 1 rings (SSSR count). The van der Waals surface area contributed by atoms with Crippen molar-refractivity contribution >= 4 is 28.5 Å². The van der Waals surface area contributed by atoms with Crippen LogP contribution in [-0.4, -0.2) is 16.8 Å². The maximum absolute atomic E-state index is 10.9. The highest BCUT2D eigenvalue weighted by atomic mass is 33.1. The summed E-state index contributed by atoms with van der Waals surface area (Å²) in [6.45, 7) is 0.868. The third-order valence-electron chi connectivity index (χ3n) is 1.38. The minimum absolute atomic E-state index is 0.223. The van der Waals surface area contributed by atoms with Gasteiger partial charge in [-0.05, 0) is 12.8 Å². The van der Waals surface area contributed by atoms with Crippen molar-refractivity contribution in [3.8, 4) is 0 Å². The fourth-order valence-corrected chi connectivity index (χ4v) is 1.78. The lowest BCUT2D eigenvalue weighted by atomic mass is 10.2. The van der Waals surface area contributed by atoms with Crippen LogP contribution in [0.4, 0.5) is 0 Å². The molecule has 52 valence electrons. The Hall–Kier alpha value is 0.170. The van der Waals surface area contributed by atoms with Crippen molar-refractivity contribution in [2.75, 3.05) is 6.54 Å². The first-order valence-electron chi connectivity index (χ1n) is 2.96. The minimum atomic E-state index is 0.223. The number of carbonyl (C=O) groups excluding carboxylic acids is 1. The minimum Gasteiger partial charge on any atom is -0.277 e. The number of thiol groups is 1. The van der Waals surface area contributed by atoms with Crippen LogP contribution < -0.4 is 0 Å². The molecular weight excluding hydrogens is 154 g/mol. The van der Waals surface area contributed by atoms with E-state index < -0.39 is 0 Å². The second-order valence-electron chi connectivity index (χ2n) is 2.03. The van der Waals surface area contributed by atoms with Gasteiger partial charge in [0.15, 0.2) is 0 Å². The van der Waals surface area contributed by atoms with Gasteiger partial charge in [-0.15, -0.1) is 0 Å². The van der Waals surface area contributed by atoms with Gasteiger partial charge in [-0.2, -0.15) is 0 Å². The van der Waals surface area contributed by atoms with E-state index in [1.54, 1.807) is 4.31 Å². The molecule has 0 spiro atoms. The van der Waals surface area contributed by atoms with Gasteiger partial charge >= 0.3 is 0 Å². The molecule has 1 amide bonds. The fraction of sp³-hybridized carbons (Fsp3) is 0.800. The number of hydrogen-bond donors (Lipinski definition) is 1. The van der Waals surface area contributed by atoms with Crippen molar-refractivity contribution in [2.24, 2.45) is 0 Å². The van der Waals surface area contributed by atoms with Gasteiger partial charge in [0.25, 0.3) is 0 Å². The summed E-state index contributed by atoms with van der Waals surface area (Å²) in [6, 6.07) is 0. The zero-order chi connectivity index (χ0) is 6.69. The smallest absolute Gasteiger partial charge is 0.233 e. The van der Waals surface area contributed by atoms with Crippen molar-refractivity contribution in [1.29, 1.82) is 0 Å². The van der Waals surface area contributed by atoms with E-state index in [0.29, 0.717) is 6.42 Å². The molecule has 4 heteroatoms. The van der Waals surface area contributed by atoms with E-state index in [4.69, 9.17) is 0 Å². The Morgan fingerprint density at radius 2 is 2.33 bits per heavy atom. The molecule has 0 aromatic rings. The second kappa shape index (κ2) is 3.37. The van der Waals surface area contributed by atoms with Crippen LogP contribution in [0.2, 0.25) is 0 Å². The van der Waals surface area contributed by atoms with Gasteiger partial charge in [-0.1, -0.05) is 11.7 Å². The Morgan fingerprint density at radius 1 is 1.56 bits per heavy atom. The van der Waals surface area contributed by atoms with E-state index in [1.165, 1.54) is 11.0 Å². The van der Waals surface area contributed by atoms with Crippen LogP contribution in [0.5, 0.6) is 0 Å². The van der Waals surface area contributed by atoms with E-state index in [-0.39, 0.29) is 5.91 Å². The molecule has 9 heavy (non-hydrogen) atoms. The van der Waals surface area contributed by atoms with Gasteiger partial charge in [-0.25, -0.2) is 0 Å². The average molecular weight is 163 g/mol. The molecule has 0 aromatic carbocycles. The number of rotatable bonds is 1. The van der Waals surface area contributed by atoms with Gasteiger partial charge in [0.2, 0.25) is 5.91 Å². The average Bonchev–Trinajstić information content (AvgIpc) is 1.89. The quantitative estimate of drug-likeness (QED) is 0.359. The molecule has 1 heterocycles. The first kappa shape index (κ1) is 7.28. The number of piperidine rings is 1. The highest BCUT2D eigenvalue weighted by Gasteiger charge is 2.16. The lowest BCUT2D eigenvalue weighted by Gasteiger charge is -2.22. The highest BCUT2D eigenvalue weighted by Crippen LogP contribution is 2.21. The molecule has 1 aliphatic heterocycles. The van der Waals surface area contributed by atoms with Crippen molar-refractivity contribution in [3.63, 3.8) is 0 Å². The summed E-state index contributed by atoms with van der Waals surface area (Å²) in [5.74, 6) is 0.223. The molecule has 0 atom stereocenters. The van der Waals surface area contributed by atoms with E-state index in [9.17, 15) is 4.79 Å². The van der Waals surface area contributed by atoms with Gasteiger partial charge in [0, 0.05) is 23.9 Å². The maximum atomic E-state index is 10.9. The first-order valence-corrected chi connectivity index (χ1v) is 4.79. The predicted octanol–water partition coefficient (Wildman–Crippen LogP) is 1.49. The third kappa shape index (κ3) is 1.79. The molecule has 0 aromatic heterocycles. The summed E-state index contributed by atoms with van der Waals surface area (Å²) in [7, 11) is 1.23. The number of amides is 1. The topological polar surface area (TPSA) is 20.3 Å². The number of carbonyl (C=O) groups is 1. The van der Waals surface area contributed by atoms with Crippen molar-refractivity contribution in [1.82, 2.24) is 4.31 Å². The molecule has 0 aliphatic carbocycles. The highest BCUT2D eigenvalue weighted by molar-refractivity contribution is 8.67. The summed E-state index contributed by atoms with van der Waals surface area (Å²) in [5, 5.41) is 0. The van der Waals surface area contributed by atoms with Crippen molar-refractivity contribution < 1.29 is 4.79 Å². The molecule has 0 radical (unpaired) electrons. The van der Waals surface area contributed by atoms with E-state index in [2.05, 4.69) is 11.7 Å². The summed E-state index contributed by atoms with van der Waals surface area (Å²) in [6.07, 6.45) is 2.87. The third-order valence-corrected chi connectivity index (χ3v) is 2.55. The van der Waals surface area contributed by atoms with Gasteiger partial charge < -0.3 is 0 Å². The molecule has 0 N–H and O–H groups in total. The molecule has 1 aliphatic rings. The zero-order valence-corrected chi connectivity index (χ0v) is 6.75. The monoisotopic (exact) mass is 163 g/mol. The standard InChI is InChI=1S/C5H9NOS2/c7-5-3-1-2-4-6(5)9-8/h8H,1-4H2. The van der Waals surface area contributed by atoms with Gasteiger partial charge in [0.05, 0.1) is 0 Å². The zero-order valence-electron chi connectivity index (χ0n) is 5.04. The van der Waals surface area contributed by atoms with E-state index in [1.807, 2.05) is 0 Å². The number of nitrogens with zero attached hydrogens (tertiary/aromatic N) is 1. The Labute approximate surface area is 63.9 Å². The van der Waals surface area contributed by atoms with Crippen LogP contribution in [0.25, 0.3) is 0 Å². The molecule has 1 saturated heterocycles. The van der Waals surface area contributed by atoms with Crippen molar-refractivity contribution in [2.45, 2.75) is 19.3 Å². The molecule has 1 fully saturated rings. The Kier molecular flexibility index (Phi) is 2.72. The van der Waals surface area contributed by atoms with Crippen LogP contribution in [0.3, 0.4) is 0 Å². The molecular formula is C5H9NOS2. The summed E-state index contributed by atoms with van der Waals surface area (Å²) < 4.78 is 1.70. The number of hydrogen-bond acceptors (Lipinski definition) is 3. The van der Waals surface area contributed by atoms with Crippen LogP contribution in [-0.2, 0) is 4.79 Å². The summed E-state index contributed by atoms with van der Waals surface area (Å²) >= 11 is 3.94. The largest absolute Gasteiger partial charge is 0.277 e. The SMILES string of the molecule is O=C1CCCCN1SS. The van der Waals surface area contributed by atoms with Crippen LogP contribution in [0, 0.1) is 0 Å². The molecule has 0 bridgehead atoms. The van der Waals surface area contributed by atoms with E-state index in [0.717, 1.165) is 19.4 Å². The van der Waals surface area contributed by atoms with Gasteiger partial charge in [-0.3, -0.25) is 9.10 Å². The predicted molar refractivity (Wildman–Crippen MR) is 42.1 cm³/mol. The Bertz CT molecular complexity index is 118. The van der Waals surface area contributed by atoms with Crippen molar-refractivity contribution in [3.05, 3.63) is 0 Å². The van der Waals surface area contributed by atoms with E-state index >= 15 is 0 Å². The molecule has 0 saturated carbocycles. The second-order valence-corrected chi connectivity index (χ2v) is 3.13. The Balaban J connectivity index is 2.39. The molecule has 2 nitrogen and oxygen atoms in total. The Morgan fingerprint density at radius 3 is 2.78 bits per heavy atom. The maximum Gasteiger partial charge on any atom is 0.233 e. The van der Waals surface area contributed by atoms with Crippen LogP contribution in [0.15, 0.2) is 0 Å². The first-order chi connectivity index (χ1) is 4.34. The van der Waals surface area contributed by atoms with Crippen LogP contribution in [0.1, 0.15) is 19.3 Å². The lowest BCUT2D eigenvalue weighted by molar-refractivity contribution is -0.127. The molecule has 0 unspecified atom stereocenters. The lowest BCUT2D eigenvalue weighted by Crippen LogP contribution is -2.27.